The summed E-state index contributed by atoms with van der Waals surface area (Å²) in [7, 11) is 0. The van der Waals surface area contributed by atoms with Crippen molar-refractivity contribution in [3.8, 4) is 0 Å². The predicted octanol–water partition coefficient (Wildman–Crippen LogP) is 1.63. The molecule has 1 unspecified atom stereocenters. The summed E-state index contributed by atoms with van der Waals surface area (Å²) in [5.74, 6) is 0.413. The van der Waals surface area contributed by atoms with E-state index < -0.39 is 0 Å². The van der Waals surface area contributed by atoms with Gasteiger partial charge in [0.2, 0.25) is 5.91 Å². The number of carbonyl (C=O) groups is 1. The Hall–Kier alpha value is -0.910. The van der Waals surface area contributed by atoms with Gasteiger partial charge in [0.25, 0.3) is 0 Å². The van der Waals surface area contributed by atoms with Crippen molar-refractivity contribution in [3.63, 3.8) is 0 Å². The summed E-state index contributed by atoms with van der Waals surface area (Å²) in [4.78, 5) is 16.7. The molecule has 2 N–H and O–H groups in total. The average Bonchev–Trinajstić information content (AvgIpc) is 2.93. The van der Waals surface area contributed by atoms with Crippen molar-refractivity contribution in [1.82, 2.24) is 10.2 Å². The van der Waals surface area contributed by atoms with Crippen LogP contribution in [0.4, 0.5) is 0 Å². The molecule has 1 fully saturated rings. The quantitative estimate of drug-likeness (QED) is 0.839. The van der Waals surface area contributed by atoms with E-state index in [-0.39, 0.29) is 12.5 Å². The number of nitrogens with zero attached hydrogens (tertiary/aromatic N) is 1. The zero-order valence-electron chi connectivity index (χ0n) is 12.1. The van der Waals surface area contributed by atoms with E-state index in [0.29, 0.717) is 19.0 Å². The second-order valence-corrected chi connectivity index (χ2v) is 6.68. The molecule has 4 nitrogen and oxygen atoms in total. The van der Waals surface area contributed by atoms with Gasteiger partial charge in [-0.2, -0.15) is 0 Å². The second kappa shape index (κ2) is 7.76. The Labute approximate surface area is 124 Å². The molecule has 1 saturated heterocycles. The zero-order chi connectivity index (χ0) is 14.4. The number of amides is 1. The molecule has 0 aliphatic carbocycles. The minimum atomic E-state index is 0.0787. The first-order chi connectivity index (χ1) is 9.71. The van der Waals surface area contributed by atoms with Crippen molar-refractivity contribution in [2.75, 3.05) is 26.2 Å². The maximum absolute atomic E-state index is 11.9. The maximum atomic E-state index is 11.9. The van der Waals surface area contributed by atoms with Crippen molar-refractivity contribution in [2.45, 2.75) is 32.7 Å². The topological polar surface area (TPSA) is 52.6 Å². The molecule has 5 heteroatoms. The summed E-state index contributed by atoms with van der Waals surface area (Å²) in [6.45, 7) is 5.24. The van der Waals surface area contributed by atoms with Crippen LogP contribution in [0.25, 0.3) is 0 Å². The highest BCUT2D eigenvalue weighted by atomic mass is 32.1. The molecule has 1 amide bonds. The SMILES string of the molecule is CCc1ccc(CNC(=O)CN2CCCC(CO)C2)s1. The molecule has 0 saturated carbocycles. The number of thiophene rings is 1. The Morgan fingerprint density at radius 2 is 2.30 bits per heavy atom. The van der Waals surface area contributed by atoms with Gasteiger partial charge in [0, 0.05) is 22.9 Å². The molecular weight excluding hydrogens is 272 g/mol. The van der Waals surface area contributed by atoms with Crippen molar-refractivity contribution < 1.29 is 9.90 Å². The number of nitrogens with one attached hydrogen (secondary N) is 1. The number of rotatable bonds is 6. The van der Waals surface area contributed by atoms with Gasteiger partial charge in [-0.1, -0.05) is 6.92 Å². The van der Waals surface area contributed by atoms with Gasteiger partial charge in [-0.05, 0) is 43.9 Å². The third-order valence-electron chi connectivity index (χ3n) is 3.75. The summed E-state index contributed by atoms with van der Waals surface area (Å²) >= 11 is 1.76. The van der Waals surface area contributed by atoms with Crippen LogP contribution >= 0.6 is 11.3 Å². The number of piperidine rings is 1. The van der Waals surface area contributed by atoms with Crippen molar-refractivity contribution in [1.29, 1.82) is 0 Å². The summed E-state index contributed by atoms with van der Waals surface area (Å²) < 4.78 is 0. The van der Waals surface area contributed by atoms with E-state index in [9.17, 15) is 9.90 Å². The van der Waals surface area contributed by atoms with Gasteiger partial charge >= 0.3 is 0 Å². The second-order valence-electron chi connectivity index (χ2n) is 5.42. The Kier molecular flexibility index (Phi) is 6.01. The molecule has 0 radical (unpaired) electrons. The number of likely N-dealkylation sites (tertiary alicyclic amines) is 1. The first-order valence-electron chi connectivity index (χ1n) is 7.38. The van der Waals surface area contributed by atoms with E-state index in [0.717, 1.165) is 32.4 Å². The van der Waals surface area contributed by atoms with Crippen LogP contribution in [0, 0.1) is 5.92 Å². The maximum Gasteiger partial charge on any atom is 0.234 e. The fourth-order valence-corrected chi connectivity index (χ4v) is 3.49. The molecule has 0 aromatic carbocycles. The Morgan fingerprint density at radius 3 is 3.00 bits per heavy atom. The minimum Gasteiger partial charge on any atom is -0.396 e. The summed E-state index contributed by atoms with van der Waals surface area (Å²) in [6, 6.07) is 4.22. The first-order valence-corrected chi connectivity index (χ1v) is 8.20. The van der Waals surface area contributed by atoms with E-state index in [1.807, 2.05) is 0 Å². The van der Waals surface area contributed by atoms with Gasteiger partial charge in [0.1, 0.15) is 0 Å². The molecule has 1 aliphatic heterocycles. The lowest BCUT2D eigenvalue weighted by Crippen LogP contribution is -2.43. The molecule has 0 bridgehead atoms. The minimum absolute atomic E-state index is 0.0787. The van der Waals surface area contributed by atoms with Crippen LogP contribution in [0.15, 0.2) is 12.1 Å². The monoisotopic (exact) mass is 296 g/mol. The molecule has 1 atom stereocenters. The number of carbonyl (C=O) groups excluding carboxylic acids is 1. The van der Waals surface area contributed by atoms with Gasteiger partial charge in [-0.15, -0.1) is 11.3 Å². The van der Waals surface area contributed by atoms with E-state index in [1.54, 1.807) is 11.3 Å². The van der Waals surface area contributed by atoms with E-state index >= 15 is 0 Å². The third kappa shape index (κ3) is 4.58. The summed E-state index contributed by atoms with van der Waals surface area (Å²) in [5, 5.41) is 12.2. The number of aliphatic hydroxyl groups excluding tert-OH is 1. The smallest absolute Gasteiger partial charge is 0.234 e. The van der Waals surface area contributed by atoms with Gasteiger partial charge in [0.15, 0.2) is 0 Å². The molecule has 1 aliphatic rings. The first kappa shape index (κ1) is 15.5. The Bertz CT molecular complexity index is 433. The van der Waals surface area contributed by atoms with Crippen molar-refractivity contribution in [2.24, 2.45) is 5.92 Å². The zero-order valence-corrected chi connectivity index (χ0v) is 12.9. The van der Waals surface area contributed by atoms with E-state index in [4.69, 9.17) is 0 Å². The van der Waals surface area contributed by atoms with Crippen LogP contribution < -0.4 is 5.32 Å². The number of aryl methyl sites for hydroxylation is 1. The summed E-state index contributed by atoms with van der Waals surface area (Å²) in [5.41, 5.74) is 0. The largest absolute Gasteiger partial charge is 0.396 e. The average molecular weight is 296 g/mol. The Morgan fingerprint density at radius 1 is 1.50 bits per heavy atom. The lowest BCUT2D eigenvalue weighted by atomic mass is 9.99. The molecule has 1 aromatic rings. The molecular formula is C15H24N2O2S. The van der Waals surface area contributed by atoms with Crippen LogP contribution in [-0.2, 0) is 17.8 Å². The van der Waals surface area contributed by atoms with E-state index in [2.05, 4.69) is 29.3 Å². The van der Waals surface area contributed by atoms with E-state index in [1.165, 1.54) is 9.75 Å². The van der Waals surface area contributed by atoms with Crippen molar-refractivity contribution in [3.05, 3.63) is 21.9 Å². The molecule has 112 valence electrons. The van der Waals surface area contributed by atoms with Gasteiger partial charge in [-0.3, -0.25) is 9.69 Å². The third-order valence-corrected chi connectivity index (χ3v) is 4.98. The number of hydrogen-bond donors (Lipinski definition) is 2. The fraction of sp³-hybridized carbons (Fsp3) is 0.667. The molecule has 20 heavy (non-hydrogen) atoms. The number of hydrogen-bond acceptors (Lipinski definition) is 4. The lowest BCUT2D eigenvalue weighted by molar-refractivity contribution is -0.122. The fourth-order valence-electron chi connectivity index (χ4n) is 2.60. The molecule has 2 rings (SSSR count). The highest BCUT2D eigenvalue weighted by Crippen LogP contribution is 2.17. The van der Waals surface area contributed by atoms with Gasteiger partial charge in [0.05, 0.1) is 13.1 Å². The van der Waals surface area contributed by atoms with Crippen LogP contribution in [-0.4, -0.2) is 42.2 Å². The van der Waals surface area contributed by atoms with Crippen molar-refractivity contribution >= 4 is 17.2 Å². The predicted molar refractivity (Wildman–Crippen MR) is 81.8 cm³/mol. The Balaban J connectivity index is 1.72. The molecule has 1 aromatic heterocycles. The van der Waals surface area contributed by atoms with Crippen LogP contribution in [0.2, 0.25) is 0 Å². The van der Waals surface area contributed by atoms with Gasteiger partial charge < -0.3 is 10.4 Å². The highest BCUT2D eigenvalue weighted by molar-refractivity contribution is 7.11. The highest BCUT2D eigenvalue weighted by Gasteiger charge is 2.20. The lowest BCUT2D eigenvalue weighted by Gasteiger charge is -2.31. The molecule has 2 heterocycles. The number of aliphatic hydroxyl groups is 1. The normalized spacial score (nSPS) is 20.0. The van der Waals surface area contributed by atoms with Crippen LogP contribution in [0.5, 0.6) is 0 Å². The molecule has 0 spiro atoms. The standard InChI is InChI=1S/C15H24N2O2S/c1-2-13-5-6-14(20-13)8-16-15(19)10-17-7-3-4-12(9-17)11-18/h5-6,12,18H,2-4,7-11H2,1H3,(H,16,19). The van der Waals surface area contributed by atoms with Crippen LogP contribution in [0.1, 0.15) is 29.5 Å². The van der Waals surface area contributed by atoms with Gasteiger partial charge in [-0.25, -0.2) is 0 Å². The summed E-state index contributed by atoms with van der Waals surface area (Å²) in [6.07, 6.45) is 3.20. The van der Waals surface area contributed by atoms with Crippen LogP contribution in [0.3, 0.4) is 0 Å².